The van der Waals surface area contributed by atoms with Crippen molar-refractivity contribution in [2.75, 3.05) is 11.5 Å². The summed E-state index contributed by atoms with van der Waals surface area (Å²) in [5, 5.41) is 0. The zero-order valence-corrected chi connectivity index (χ0v) is 17.8. The molecule has 0 amide bonds. The van der Waals surface area contributed by atoms with Crippen LogP contribution in [-0.2, 0) is 0 Å². The molecule has 6 nitrogen and oxygen atoms in total. The minimum Gasteiger partial charge on any atom is -0.382 e. The van der Waals surface area contributed by atoms with Crippen molar-refractivity contribution in [2.24, 2.45) is 0 Å². The summed E-state index contributed by atoms with van der Waals surface area (Å²) in [6, 6.07) is 17.2. The van der Waals surface area contributed by atoms with E-state index in [2.05, 4.69) is 19.9 Å². The Balaban J connectivity index is 1.53. The van der Waals surface area contributed by atoms with Crippen LogP contribution in [0.15, 0.2) is 85.5 Å². The fraction of sp³-hybridized carbons (Fsp3) is 0. The Labute approximate surface area is 194 Å². The van der Waals surface area contributed by atoms with Crippen LogP contribution in [0.3, 0.4) is 0 Å². The molecule has 0 atom stereocenters. The van der Waals surface area contributed by atoms with Crippen molar-refractivity contribution in [1.82, 2.24) is 19.9 Å². The molecule has 2 aromatic heterocycles. The highest BCUT2D eigenvalue weighted by Crippen LogP contribution is 2.35. The van der Waals surface area contributed by atoms with Crippen LogP contribution in [-0.4, -0.2) is 19.9 Å². The summed E-state index contributed by atoms with van der Waals surface area (Å²) in [6.45, 7) is 0. The molecule has 3 aromatic carbocycles. The van der Waals surface area contributed by atoms with E-state index in [1.807, 2.05) is 24.3 Å². The maximum atomic E-state index is 15.0. The minimum atomic E-state index is -0.449. The lowest BCUT2D eigenvalue weighted by atomic mass is 9.93. The van der Waals surface area contributed by atoms with Crippen LogP contribution in [0.1, 0.15) is 0 Å². The maximum Gasteiger partial charge on any atom is 0.141 e. The number of rotatable bonds is 4. The Kier molecular flexibility index (Phi) is 5.39. The number of anilines is 2. The Morgan fingerprint density at radius 3 is 1.29 bits per heavy atom. The molecule has 0 aliphatic heterocycles. The fourth-order valence-corrected chi connectivity index (χ4v) is 3.72. The molecule has 8 heteroatoms. The summed E-state index contributed by atoms with van der Waals surface area (Å²) in [5.41, 5.74) is 15.3. The van der Waals surface area contributed by atoms with Crippen molar-refractivity contribution < 1.29 is 8.78 Å². The number of hydrogen-bond acceptors (Lipinski definition) is 6. The number of nitrogens with zero attached hydrogens (tertiary/aromatic N) is 4. The van der Waals surface area contributed by atoms with E-state index >= 15 is 8.78 Å². The van der Waals surface area contributed by atoms with Gasteiger partial charge in [0, 0.05) is 11.1 Å². The summed E-state index contributed by atoms with van der Waals surface area (Å²) in [7, 11) is 0. The number of aromatic nitrogens is 4. The molecule has 0 aliphatic carbocycles. The van der Waals surface area contributed by atoms with E-state index in [4.69, 9.17) is 11.5 Å². The summed E-state index contributed by atoms with van der Waals surface area (Å²) in [5.74, 6) is -0.377. The van der Waals surface area contributed by atoms with Gasteiger partial charge in [-0.25, -0.2) is 18.7 Å². The zero-order chi connectivity index (χ0) is 23.7. The average molecular weight is 452 g/mol. The standard InChI is InChI=1S/C26H18F2N6/c27-21-9-15(5-7-19(21)23-11-33-25(29)13-31-23)17-3-1-2-4-18(17)16-6-8-20(22(28)10-16)24-12-34-26(30)14-32-24/h1-14H,(H2,29,33)(H2,30,34). The highest BCUT2D eigenvalue weighted by atomic mass is 19.1. The van der Waals surface area contributed by atoms with Crippen LogP contribution in [0.25, 0.3) is 44.8 Å². The predicted molar refractivity (Wildman–Crippen MR) is 128 cm³/mol. The van der Waals surface area contributed by atoms with Crippen molar-refractivity contribution in [3.63, 3.8) is 0 Å². The molecule has 0 unspecified atom stereocenters. The lowest BCUT2D eigenvalue weighted by Gasteiger charge is -2.13. The highest BCUT2D eigenvalue weighted by Gasteiger charge is 2.14. The number of hydrogen-bond donors (Lipinski definition) is 2. The van der Waals surface area contributed by atoms with Gasteiger partial charge in [0.25, 0.3) is 0 Å². The molecular weight excluding hydrogens is 434 g/mol. The van der Waals surface area contributed by atoms with Crippen molar-refractivity contribution in [1.29, 1.82) is 0 Å². The van der Waals surface area contributed by atoms with Gasteiger partial charge in [-0.15, -0.1) is 0 Å². The summed E-state index contributed by atoms with van der Waals surface area (Å²) in [6.07, 6.45) is 5.62. The molecule has 34 heavy (non-hydrogen) atoms. The first kappa shape index (κ1) is 21.1. The third kappa shape index (κ3) is 4.04. The van der Waals surface area contributed by atoms with Gasteiger partial charge in [-0.05, 0) is 46.5 Å². The number of nitrogens with two attached hydrogens (primary N) is 2. The molecule has 2 heterocycles. The monoisotopic (exact) mass is 452 g/mol. The molecule has 0 fully saturated rings. The number of benzene rings is 3. The molecule has 0 radical (unpaired) electrons. The van der Waals surface area contributed by atoms with E-state index in [0.29, 0.717) is 33.6 Å². The highest BCUT2D eigenvalue weighted by molar-refractivity contribution is 5.85. The molecule has 4 N–H and O–H groups in total. The van der Waals surface area contributed by atoms with Crippen molar-refractivity contribution in [3.05, 3.63) is 97.1 Å². The Hall–Kier alpha value is -4.72. The van der Waals surface area contributed by atoms with Gasteiger partial charge in [0.05, 0.1) is 36.2 Å². The van der Waals surface area contributed by atoms with Crippen molar-refractivity contribution >= 4 is 11.6 Å². The van der Waals surface area contributed by atoms with E-state index in [9.17, 15) is 0 Å². The summed E-state index contributed by atoms with van der Waals surface area (Å²) >= 11 is 0. The van der Waals surface area contributed by atoms with Gasteiger partial charge in [0.2, 0.25) is 0 Å². The number of nitrogen functional groups attached to an aromatic ring is 2. The zero-order valence-electron chi connectivity index (χ0n) is 17.8. The Morgan fingerprint density at radius 2 is 0.941 bits per heavy atom. The molecule has 0 spiro atoms. The van der Waals surface area contributed by atoms with Crippen LogP contribution in [0.2, 0.25) is 0 Å². The quantitative estimate of drug-likeness (QED) is 0.380. The second kappa shape index (κ2) is 8.67. The third-order valence-electron chi connectivity index (χ3n) is 5.38. The van der Waals surface area contributed by atoms with E-state index < -0.39 is 11.6 Å². The van der Waals surface area contributed by atoms with Gasteiger partial charge in [0.1, 0.15) is 23.3 Å². The summed E-state index contributed by atoms with van der Waals surface area (Å²) < 4.78 is 30.0. The van der Waals surface area contributed by atoms with Crippen molar-refractivity contribution in [2.45, 2.75) is 0 Å². The molecule has 5 aromatic rings. The minimum absolute atomic E-state index is 0.261. The smallest absolute Gasteiger partial charge is 0.141 e. The average Bonchev–Trinajstić information content (AvgIpc) is 2.85. The van der Waals surface area contributed by atoms with E-state index in [1.54, 1.807) is 24.3 Å². The lowest BCUT2D eigenvalue weighted by molar-refractivity contribution is 0.630. The Morgan fingerprint density at radius 1 is 0.500 bits per heavy atom. The third-order valence-corrected chi connectivity index (χ3v) is 5.38. The predicted octanol–water partition coefficient (Wildman–Crippen LogP) is 5.38. The molecule has 5 rings (SSSR count). The normalized spacial score (nSPS) is 10.9. The molecule has 0 bridgehead atoms. The molecule has 0 saturated heterocycles. The number of halogens is 2. The maximum absolute atomic E-state index is 15.0. The van der Waals surface area contributed by atoms with Crippen molar-refractivity contribution in [3.8, 4) is 44.8 Å². The first-order valence-corrected chi connectivity index (χ1v) is 10.3. The lowest BCUT2D eigenvalue weighted by Crippen LogP contribution is -1.95. The second-order valence-corrected chi connectivity index (χ2v) is 7.59. The van der Waals surface area contributed by atoms with Crippen LogP contribution < -0.4 is 11.5 Å². The van der Waals surface area contributed by atoms with Gasteiger partial charge in [-0.2, -0.15) is 0 Å². The SMILES string of the molecule is Nc1cnc(-c2ccc(-c3ccccc3-c3ccc(-c4cnc(N)cn4)c(F)c3)cc2F)cn1. The van der Waals surface area contributed by atoms with E-state index in [-0.39, 0.29) is 11.6 Å². The van der Waals surface area contributed by atoms with Gasteiger partial charge < -0.3 is 11.5 Å². The van der Waals surface area contributed by atoms with Crippen LogP contribution in [0.4, 0.5) is 20.4 Å². The molecule has 166 valence electrons. The molecule has 0 aliphatic rings. The van der Waals surface area contributed by atoms with Gasteiger partial charge in [-0.1, -0.05) is 36.4 Å². The van der Waals surface area contributed by atoms with Crippen LogP contribution in [0, 0.1) is 11.6 Å². The van der Waals surface area contributed by atoms with E-state index in [1.165, 1.54) is 36.9 Å². The largest absolute Gasteiger partial charge is 0.382 e. The van der Waals surface area contributed by atoms with Crippen LogP contribution in [0.5, 0.6) is 0 Å². The topological polar surface area (TPSA) is 104 Å². The summed E-state index contributed by atoms with van der Waals surface area (Å²) in [4.78, 5) is 16.2. The Bertz CT molecular complexity index is 1370. The van der Waals surface area contributed by atoms with E-state index in [0.717, 1.165) is 11.1 Å². The van der Waals surface area contributed by atoms with Gasteiger partial charge >= 0.3 is 0 Å². The van der Waals surface area contributed by atoms with Gasteiger partial charge in [-0.3, -0.25) is 9.97 Å². The molecule has 0 saturated carbocycles. The first-order valence-electron chi connectivity index (χ1n) is 10.3. The first-order chi connectivity index (χ1) is 16.5. The second-order valence-electron chi connectivity index (χ2n) is 7.59. The van der Waals surface area contributed by atoms with Gasteiger partial charge in [0.15, 0.2) is 0 Å². The molecular formula is C26H18F2N6. The van der Waals surface area contributed by atoms with Crippen LogP contribution >= 0.6 is 0 Å². The fourth-order valence-electron chi connectivity index (χ4n) is 3.72.